The van der Waals surface area contributed by atoms with Gasteiger partial charge >= 0.3 is 0 Å². The van der Waals surface area contributed by atoms with Crippen molar-refractivity contribution in [1.82, 2.24) is 5.32 Å². The van der Waals surface area contributed by atoms with E-state index in [2.05, 4.69) is 5.32 Å². The number of hydrogen-bond donors (Lipinski definition) is 1. The summed E-state index contributed by atoms with van der Waals surface area (Å²) in [6.45, 7) is 0. The normalized spacial score (nSPS) is 23.3. The lowest BCUT2D eigenvalue weighted by Crippen LogP contribution is -2.45. The van der Waals surface area contributed by atoms with E-state index in [1.165, 1.54) is 0 Å². The average molecular weight is 250 g/mol. The minimum atomic E-state index is -0.768. The molecule has 1 saturated heterocycles. The molecule has 0 aromatic heterocycles. The minimum absolute atomic E-state index is 0.145. The molecular formula is C12H14N2O4. The number of amides is 1. The monoisotopic (exact) mass is 250 g/mol. The van der Waals surface area contributed by atoms with Crippen molar-refractivity contribution in [3.8, 4) is 5.75 Å². The van der Waals surface area contributed by atoms with E-state index in [0.29, 0.717) is 5.75 Å². The lowest BCUT2D eigenvalue weighted by atomic mass is 9.92. The van der Waals surface area contributed by atoms with Crippen molar-refractivity contribution in [2.45, 2.75) is 24.9 Å². The van der Waals surface area contributed by atoms with Gasteiger partial charge in [0.1, 0.15) is 11.8 Å². The van der Waals surface area contributed by atoms with Gasteiger partial charge in [0, 0.05) is 17.8 Å². The van der Waals surface area contributed by atoms with Gasteiger partial charge in [-0.1, -0.05) is 12.1 Å². The van der Waals surface area contributed by atoms with Crippen LogP contribution in [0.5, 0.6) is 5.75 Å². The number of piperidine rings is 1. The first kappa shape index (κ1) is 12.3. The Bertz CT molecular complexity index is 458. The number of carbonyl (C=O) groups excluding carboxylic acids is 1. The Balaban J connectivity index is 2.25. The molecule has 2 rings (SSSR count). The summed E-state index contributed by atoms with van der Waals surface area (Å²) in [5, 5.41) is 13.7. The van der Waals surface area contributed by atoms with E-state index >= 15 is 0 Å². The van der Waals surface area contributed by atoms with Crippen LogP contribution >= 0.6 is 0 Å². The van der Waals surface area contributed by atoms with Crippen molar-refractivity contribution < 1.29 is 14.5 Å². The Morgan fingerprint density at radius 1 is 1.39 bits per heavy atom. The van der Waals surface area contributed by atoms with Gasteiger partial charge in [-0.25, -0.2) is 0 Å². The van der Waals surface area contributed by atoms with Crippen molar-refractivity contribution in [2.24, 2.45) is 0 Å². The second kappa shape index (κ2) is 5.03. The van der Waals surface area contributed by atoms with Crippen molar-refractivity contribution in [3.63, 3.8) is 0 Å². The quantitative estimate of drug-likeness (QED) is 0.647. The van der Waals surface area contributed by atoms with Crippen LogP contribution < -0.4 is 10.1 Å². The number of methoxy groups -OCH3 is 1. The molecule has 0 aliphatic carbocycles. The molecule has 0 unspecified atom stereocenters. The number of nitro groups is 1. The van der Waals surface area contributed by atoms with Crippen molar-refractivity contribution >= 4 is 5.91 Å². The van der Waals surface area contributed by atoms with Crippen LogP contribution in [-0.4, -0.2) is 24.0 Å². The second-order valence-electron chi connectivity index (χ2n) is 4.21. The third-order valence-corrected chi connectivity index (χ3v) is 3.11. The molecule has 1 aromatic rings. The molecule has 6 heteroatoms. The van der Waals surface area contributed by atoms with E-state index in [4.69, 9.17) is 4.74 Å². The second-order valence-corrected chi connectivity index (χ2v) is 4.21. The zero-order chi connectivity index (χ0) is 13.1. The predicted octanol–water partition coefficient (Wildman–Crippen LogP) is 1.29. The standard InChI is InChI=1S/C12H14N2O4/c1-18-9-4-2-8(3-5-9)12-10(14(16)17)6-7-11(15)13-12/h2-5,10,12H,6-7H2,1H3,(H,13,15)/t10-,12-/m1/s1. The number of nitrogens with zero attached hydrogens (tertiary/aromatic N) is 1. The van der Waals surface area contributed by atoms with Crippen LogP contribution in [0.4, 0.5) is 0 Å². The van der Waals surface area contributed by atoms with Gasteiger partial charge < -0.3 is 10.1 Å². The Hall–Kier alpha value is -2.11. The summed E-state index contributed by atoms with van der Waals surface area (Å²) in [6.07, 6.45) is 0.480. The fourth-order valence-electron chi connectivity index (χ4n) is 2.13. The van der Waals surface area contributed by atoms with Crippen LogP contribution in [-0.2, 0) is 4.79 Å². The highest BCUT2D eigenvalue weighted by molar-refractivity contribution is 5.77. The molecule has 0 radical (unpaired) electrons. The molecule has 1 heterocycles. The molecule has 1 aliphatic rings. The summed E-state index contributed by atoms with van der Waals surface area (Å²) < 4.78 is 5.03. The van der Waals surface area contributed by atoms with E-state index in [-0.39, 0.29) is 23.7 Å². The Morgan fingerprint density at radius 3 is 2.61 bits per heavy atom. The largest absolute Gasteiger partial charge is 0.497 e. The first-order chi connectivity index (χ1) is 8.61. The van der Waals surface area contributed by atoms with Gasteiger partial charge in [-0.05, 0) is 17.7 Å². The molecular weight excluding hydrogens is 236 g/mol. The van der Waals surface area contributed by atoms with Gasteiger partial charge in [-0.2, -0.15) is 0 Å². The number of nitrogens with one attached hydrogen (secondary N) is 1. The molecule has 1 aromatic carbocycles. The third-order valence-electron chi connectivity index (χ3n) is 3.11. The molecule has 0 bridgehead atoms. The topological polar surface area (TPSA) is 81.5 Å². The number of benzene rings is 1. The van der Waals surface area contributed by atoms with Crippen LogP contribution in [0.2, 0.25) is 0 Å². The van der Waals surface area contributed by atoms with E-state index in [1.54, 1.807) is 31.4 Å². The smallest absolute Gasteiger partial charge is 0.237 e. The van der Waals surface area contributed by atoms with Crippen molar-refractivity contribution in [1.29, 1.82) is 0 Å². The lowest BCUT2D eigenvalue weighted by Gasteiger charge is -2.26. The summed E-state index contributed by atoms with van der Waals surface area (Å²) in [6, 6.07) is 5.61. The van der Waals surface area contributed by atoms with Crippen LogP contribution in [0.25, 0.3) is 0 Å². The summed E-state index contributed by atoms with van der Waals surface area (Å²) in [7, 11) is 1.55. The predicted molar refractivity (Wildman–Crippen MR) is 63.9 cm³/mol. The Labute approximate surface area is 104 Å². The zero-order valence-electron chi connectivity index (χ0n) is 9.96. The van der Waals surface area contributed by atoms with E-state index in [1.807, 2.05) is 0 Å². The highest BCUT2D eigenvalue weighted by Gasteiger charge is 2.37. The average Bonchev–Trinajstić information content (AvgIpc) is 2.38. The molecule has 2 atom stereocenters. The molecule has 1 fully saturated rings. The van der Waals surface area contributed by atoms with Gasteiger partial charge in [-0.3, -0.25) is 14.9 Å². The van der Waals surface area contributed by atoms with Gasteiger partial charge in [0.25, 0.3) is 0 Å². The van der Waals surface area contributed by atoms with Gasteiger partial charge in [0.2, 0.25) is 11.9 Å². The summed E-state index contributed by atoms with van der Waals surface area (Å²) in [5.74, 6) is 0.535. The minimum Gasteiger partial charge on any atom is -0.497 e. The SMILES string of the molecule is COc1ccc([C@H]2NC(=O)CC[C@H]2[N+](=O)[O-])cc1. The maximum absolute atomic E-state index is 11.4. The fraction of sp³-hybridized carbons (Fsp3) is 0.417. The van der Waals surface area contributed by atoms with Crippen LogP contribution in [0.3, 0.4) is 0 Å². The molecule has 18 heavy (non-hydrogen) atoms. The fourth-order valence-corrected chi connectivity index (χ4v) is 2.13. The summed E-state index contributed by atoms with van der Waals surface area (Å²) in [5.41, 5.74) is 0.727. The molecule has 96 valence electrons. The van der Waals surface area contributed by atoms with E-state index in [9.17, 15) is 14.9 Å². The molecule has 6 nitrogen and oxygen atoms in total. The number of rotatable bonds is 3. The van der Waals surface area contributed by atoms with E-state index in [0.717, 1.165) is 5.56 Å². The van der Waals surface area contributed by atoms with Gasteiger partial charge in [0.05, 0.1) is 7.11 Å². The van der Waals surface area contributed by atoms with Crippen LogP contribution in [0.1, 0.15) is 24.4 Å². The molecule has 0 saturated carbocycles. The number of carbonyl (C=O) groups is 1. The van der Waals surface area contributed by atoms with Crippen LogP contribution in [0, 0.1) is 10.1 Å². The Morgan fingerprint density at radius 2 is 2.06 bits per heavy atom. The third kappa shape index (κ3) is 2.42. The zero-order valence-corrected chi connectivity index (χ0v) is 9.96. The number of hydrogen-bond acceptors (Lipinski definition) is 4. The highest BCUT2D eigenvalue weighted by atomic mass is 16.6. The van der Waals surface area contributed by atoms with E-state index < -0.39 is 12.1 Å². The maximum Gasteiger partial charge on any atom is 0.237 e. The van der Waals surface area contributed by atoms with Crippen molar-refractivity contribution in [3.05, 3.63) is 39.9 Å². The highest BCUT2D eigenvalue weighted by Crippen LogP contribution is 2.27. The first-order valence-electron chi connectivity index (χ1n) is 5.68. The summed E-state index contributed by atoms with van der Waals surface area (Å²) in [4.78, 5) is 22.1. The first-order valence-corrected chi connectivity index (χ1v) is 5.68. The molecule has 1 aliphatic heterocycles. The molecule has 1 amide bonds. The molecule has 1 N–H and O–H groups in total. The Kier molecular flexibility index (Phi) is 3.45. The van der Waals surface area contributed by atoms with Gasteiger partial charge in [0.15, 0.2) is 0 Å². The van der Waals surface area contributed by atoms with Crippen molar-refractivity contribution in [2.75, 3.05) is 7.11 Å². The maximum atomic E-state index is 11.4. The van der Waals surface area contributed by atoms with Crippen LogP contribution in [0.15, 0.2) is 24.3 Å². The molecule has 0 spiro atoms. The number of ether oxygens (including phenoxy) is 1. The van der Waals surface area contributed by atoms with Gasteiger partial charge in [-0.15, -0.1) is 0 Å². The lowest BCUT2D eigenvalue weighted by molar-refractivity contribution is -0.529. The summed E-state index contributed by atoms with van der Waals surface area (Å²) >= 11 is 0.